The fourth-order valence-corrected chi connectivity index (χ4v) is 6.37. The maximum atomic E-state index is 13.4. The van der Waals surface area contributed by atoms with Crippen LogP contribution in [0.1, 0.15) is 60.4 Å². The Morgan fingerprint density at radius 1 is 1.00 bits per heavy atom. The highest BCUT2D eigenvalue weighted by atomic mass is 16.6. The smallest absolute Gasteiger partial charge is 0.410 e. The van der Waals surface area contributed by atoms with Gasteiger partial charge in [-0.05, 0) is 54.5 Å². The lowest BCUT2D eigenvalue weighted by molar-refractivity contribution is -0.0892. The van der Waals surface area contributed by atoms with Gasteiger partial charge < -0.3 is 14.7 Å². The van der Waals surface area contributed by atoms with E-state index in [2.05, 4.69) is 53.5 Å². The number of hydrogen-bond acceptors (Lipinski definition) is 4. The SMILES string of the molecule is Cc1ccc(C2(O)CC3CCCC(C2)N3C(=O)OCC2c3ccccc3-c3ccccc32)cn1. The van der Waals surface area contributed by atoms with Crippen molar-refractivity contribution in [2.24, 2.45) is 0 Å². The molecule has 1 aliphatic carbocycles. The number of fused-ring (bicyclic) bond motifs is 5. The largest absolute Gasteiger partial charge is 0.448 e. The highest BCUT2D eigenvalue weighted by molar-refractivity contribution is 5.79. The number of pyridine rings is 1. The highest BCUT2D eigenvalue weighted by Gasteiger charge is 2.49. The van der Waals surface area contributed by atoms with Gasteiger partial charge >= 0.3 is 6.09 Å². The Morgan fingerprint density at radius 2 is 1.62 bits per heavy atom. The summed E-state index contributed by atoms with van der Waals surface area (Å²) >= 11 is 0. The molecular formula is C29H30N2O3. The summed E-state index contributed by atoms with van der Waals surface area (Å²) in [6.07, 6.45) is 5.45. The average Bonchev–Trinajstić information content (AvgIpc) is 3.16. The molecule has 2 bridgehead atoms. The molecule has 1 amide bonds. The number of aromatic nitrogens is 1. The average molecular weight is 455 g/mol. The van der Waals surface area contributed by atoms with Crippen molar-refractivity contribution in [3.8, 4) is 11.1 Å². The van der Waals surface area contributed by atoms with Crippen LogP contribution >= 0.6 is 0 Å². The molecule has 1 N–H and O–H groups in total. The molecule has 0 radical (unpaired) electrons. The molecule has 2 fully saturated rings. The summed E-state index contributed by atoms with van der Waals surface area (Å²) in [5, 5.41) is 11.5. The van der Waals surface area contributed by atoms with E-state index in [1.54, 1.807) is 6.20 Å². The number of ether oxygens (including phenoxy) is 1. The topological polar surface area (TPSA) is 62.7 Å². The lowest BCUT2D eigenvalue weighted by atomic mass is 9.73. The third-order valence-electron chi connectivity index (χ3n) is 8.00. The normalized spacial score (nSPS) is 25.5. The van der Waals surface area contributed by atoms with Crippen LogP contribution in [0.25, 0.3) is 11.1 Å². The lowest BCUT2D eigenvalue weighted by Crippen LogP contribution is -2.59. The molecule has 5 heteroatoms. The second-order valence-electron chi connectivity index (χ2n) is 10.1. The third-order valence-corrected chi connectivity index (χ3v) is 8.00. The van der Waals surface area contributed by atoms with Crippen molar-refractivity contribution in [2.75, 3.05) is 6.61 Å². The Hall–Kier alpha value is -3.18. The van der Waals surface area contributed by atoms with E-state index in [-0.39, 0.29) is 24.1 Å². The Kier molecular flexibility index (Phi) is 5.18. The number of nitrogens with zero attached hydrogens (tertiary/aromatic N) is 2. The molecule has 3 heterocycles. The first-order valence-electron chi connectivity index (χ1n) is 12.3. The number of aryl methyl sites for hydroxylation is 1. The number of amides is 1. The van der Waals surface area contributed by atoms with Crippen LogP contribution in [-0.2, 0) is 10.3 Å². The maximum absolute atomic E-state index is 13.4. The molecule has 174 valence electrons. The van der Waals surface area contributed by atoms with Gasteiger partial charge in [0.15, 0.2) is 0 Å². The summed E-state index contributed by atoms with van der Waals surface area (Å²) in [6.45, 7) is 2.28. The van der Waals surface area contributed by atoms with Gasteiger partial charge in [-0.25, -0.2) is 4.79 Å². The third kappa shape index (κ3) is 3.50. The Morgan fingerprint density at radius 3 is 2.21 bits per heavy atom. The van der Waals surface area contributed by atoms with Gasteiger partial charge in [0.25, 0.3) is 0 Å². The second-order valence-corrected chi connectivity index (χ2v) is 10.1. The van der Waals surface area contributed by atoms with Crippen molar-refractivity contribution < 1.29 is 14.6 Å². The summed E-state index contributed by atoms with van der Waals surface area (Å²) < 4.78 is 6.00. The molecule has 34 heavy (non-hydrogen) atoms. The number of carbonyl (C=O) groups is 1. The van der Waals surface area contributed by atoms with Crippen LogP contribution in [-0.4, -0.2) is 39.8 Å². The van der Waals surface area contributed by atoms with Gasteiger partial charge in [-0.15, -0.1) is 0 Å². The Balaban J connectivity index is 1.20. The summed E-state index contributed by atoms with van der Waals surface area (Å²) in [6, 6.07) is 20.7. The van der Waals surface area contributed by atoms with E-state index in [0.717, 1.165) is 30.5 Å². The predicted molar refractivity (Wildman–Crippen MR) is 130 cm³/mol. The summed E-state index contributed by atoms with van der Waals surface area (Å²) in [5.74, 6) is 0.0524. The molecule has 0 spiro atoms. The van der Waals surface area contributed by atoms with Crippen molar-refractivity contribution in [3.63, 3.8) is 0 Å². The van der Waals surface area contributed by atoms with Gasteiger partial charge in [-0.3, -0.25) is 4.98 Å². The maximum Gasteiger partial charge on any atom is 0.410 e. The molecule has 3 aliphatic rings. The number of rotatable bonds is 3. The Bertz CT molecular complexity index is 1160. The predicted octanol–water partition coefficient (Wildman–Crippen LogP) is 5.54. The van der Waals surface area contributed by atoms with Gasteiger partial charge in [0, 0.05) is 48.3 Å². The van der Waals surface area contributed by atoms with Gasteiger partial charge in [0.1, 0.15) is 6.61 Å². The first-order valence-corrected chi connectivity index (χ1v) is 12.3. The molecule has 2 unspecified atom stereocenters. The molecule has 5 nitrogen and oxygen atoms in total. The van der Waals surface area contributed by atoms with Gasteiger partial charge in [0.2, 0.25) is 0 Å². The van der Waals surface area contributed by atoms with E-state index in [9.17, 15) is 9.90 Å². The minimum absolute atomic E-state index is 0.0190. The molecule has 0 saturated carbocycles. The molecule has 2 atom stereocenters. The summed E-state index contributed by atoms with van der Waals surface area (Å²) in [5.41, 5.74) is 5.73. The summed E-state index contributed by atoms with van der Waals surface area (Å²) in [4.78, 5) is 19.7. The molecular weight excluding hydrogens is 424 g/mol. The van der Waals surface area contributed by atoms with E-state index in [1.807, 2.05) is 24.0 Å². The van der Waals surface area contributed by atoms with Gasteiger partial charge in [0.05, 0.1) is 5.60 Å². The number of hydrogen-bond donors (Lipinski definition) is 1. The lowest BCUT2D eigenvalue weighted by Gasteiger charge is -2.51. The zero-order valence-electron chi connectivity index (χ0n) is 19.5. The van der Waals surface area contributed by atoms with Crippen molar-refractivity contribution in [2.45, 2.75) is 62.6 Å². The zero-order valence-corrected chi connectivity index (χ0v) is 19.5. The van der Waals surface area contributed by atoms with Gasteiger partial charge in [-0.2, -0.15) is 0 Å². The number of benzene rings is 2. The van der Waals surface area contributed by atoms with Crippen LogP contribution in [0, 0.1) is 6.92 Å². The molecule has 6 rings (SSSR count). The van der Waals surface area contributed by atoms with Crippen LogP contribution in [0.5, 0.6) is 0 Å². The van der Waals surface area contributed by atoms with Crippen molar-refractivity contribution in [1.29, 1.82) is 0 Å². The highest BCUT2D eigenvalue weighted by Crippen LogP contribution is 2.46. The van der Waals surface area contributed by atoms with Crippen molar-refractivity contribution in [1.82, 2.24) is 9.88 Å². The van der Waals surface area contributed by atoms with Crippen LogP contribution in [0.2, 0.25) is 0 Å². The number of carbonyl (C=O) groups excluding carboxylic acids is 1. The molecule has 3 aromatic rings. The van der Waals surface area contributed by atoms with Crippen molar-refractivity contribution in [3.05, 3.63) is 89.2 Å². The van der Waals surface area contributed by atoms with Gasteiger partial charge in [-0.1, -0.05) is 54.6 Å². The fraction of sp³-hybridized carbons (Fsp3) is 0.379. The van der Waals surface area contributed by atoms with E-state index in [0.29, 0.717) is 19.4 Å². The van der Waals surface area contributed by atoms with Crippen molar-refractivity contribution >= 4 is 6.09 Å². The molecule has 2 saturated heterocycles. The first-order chi connectivity index (χ1) is 16.5. The minimum Gasteiger partial charge on any atom is -0.448 e. The van der Waals surface area contributed by atoms with Crippen LogP contribution in [0.3, 0.4) is 0 Å². The monoisotopic (exact) mass is 454 g/mol. The van der Waals surface area contributed by atoms with Crippen LogP contribution in [0.4, 0.5) is 4.79 Å². The van der Waals surface area contributed by atoms with Crippen LogP contribution in [0.15, 0.2) is 66.9 Å². The fourth-order valence-electron chi connectivity index (χ4n) is 6.37. The zero-order chi connectivity index (χ0) is 23.3. The number of aliphatic hydroxyl groups is 1. The van der Waals surface area contributed by atoms with E-state index < -0.39 is 5.60 Å². The molecule has 2 aromatic carbocycles. The van der Waals surface area contributed by atoms with Crippen LogP contribution < -0.4 is 0 Å². The van der Waals surface area contributed by atoms with E-state index >= 15 is 0 Å². The van der Waals surface area contributed by atoms with E-state index in [4.69, 9.17) is 4.74 Å². The first kappa shape index (κ1) is 21.4. The quantitative estimate of drug-likeness (QED) is 0.564. The Labute approximate surface area is 200 Å². The number of piperidine rings is 2. The summed E-state index contributed by atoms with van der Waals surface area (Å²) in [7, 11) is 0. The molecule has 1 aromatic heterocycles. The molecule has 2 aliphatic heterocycles. The second kappa shape index (κ2) is 8.24. The standard InChI is InChI=1S/C29H30N2O3/c1-19-13-14-20(17-30-19)29(33)15-21-7-6-8-22(16-29)31(21)28(32)34-18-27-25-11-4-2-9-23(25)24-10-3-5-12-26(24)27/h2-5,9-14,17,21-22,27,33H,6-8,15-16,18H2,1H3. The minimum atomic E-state index is -0.948. The van der Waals surface area contributed by atoms with E-state index in [1.165, 1.54) is 22.3 Å².